The van der Waals surface area contributed by atoms with E-state index in [1.54, 1.807) is 20.8 Å². The molecule has 0 amide bonds. The van der Waals surface area contributed by atoms with Crippen LogP contribution in [0.5, 0.6) is 0 Å². The van der Waals surface area contributed by atoms with E-state index in [1.165, 1.54) is 0 Å². The third kappa shape index (κ3) is 3.95. The number of ether oxygens (including phenoxy) is 2. The van der Waals surface area contributed by atoms with E-state index in [2.05, 4.69) is 16.0 Å². The summed E-state index contributed by atoms with van der Waals surface area (Å²) in [5.74, 6) is -0.649. The van der Waals surface area contributed by atoms with Crippen molar-refractivity contribution < 1.29 is 19.1 Å². The van der Waals surface area contributed by atoms with Crippen molar-refractivity contribution >= 4 is 33.5 Å². The fourth-order valence-corrected chi connectivity index (χ4v) is 4.16. The number of rotatable bonds is 5. The summed E-state index contributed by atoms with van der Waals surface area (Å²) in [6.45, 7) is 5.35. The van der Waals surface area contributed by atoms with Gasteiger partial charge in [0.2, 0.25) is 0 Å². The number of aromatic amines is 1. The van der Waals surface area contributed by atoms with E-state index in [0.29, 0.717) is 27.1 Å². The van der Waals surface area contributed by atoms with Gasteiger partial charge in [-0.05, 0) is 45.6 Å². The molecule has 0 saturated carbocycles. The van der Waals surface area contributed by atoms with Gasteiger partial charge in [0.15, 0.2) is 11.9 Å². The number of nitrogens with zero attached hydrogens (tertiary/aromatic N) is 1. The molecule has 2 aromatic heterocycles. The number of fused-ring (bicyclic) bond motifs is 1. The summed E-state index contributed by atoms with van der Waals surface area (Å²) < 4.78 is 10.5. The third-order valence-electron chi connectivity index (χ3n) is 4.56. The SMILES string of the molecule is CCOC(=O)c1sc2nc([C@@H](C)OC(=O)[C@H]3CC=CCC3)[nH]c(=O)c2c1C. The summed E-state index contributed by atoms with van der Waals surface area (Å²) in [7, 11) is 0. The molecular formula is C19H22N2O5S. The first kappa shape index (κ1) is 19.3. The van der Waals surface area contributed by atoms with Gasteiger partial charge in [0, 0.05) is 0 Å². The second kappa shape index (κ2) is 8.04. The molecule has 2 heterocycles. The Hall–Kier alpha value is -2.48. The highest BCUT2D eigenvalue weighted by Crippen LogP contribution is 2.29. The quantitative estimate of drug-likeness (QED) is 0.620. The summed E-state index contributed by atoms with van der Waals surface area (Å²) in [4.78, 5) is 44.8. The van der Waals surface area contributed by atoms with Crippen LogP contribution in [0.15, 0.2) is 16.9 Å². The lowest BCUT2D eigenvalue weighted by atomic mass is 9.95. The molecule has 8 heteroatoms. The monoisotopic (exact) mass is 390 g/mol. The van der Waals surface area contributed by atoms with Gasteiger partial charge in [0.1, 0.15) is 9.71 Å². The molecule has 0 saturated heterocycles. The molecule has 0 aromatic carbocycles. The normalized spacial score (nSPS) is 17.7. The van der Waals surface area contributed by atoms with Gasteiger partial charge in [-0.3, -0.25) is 9.59 Å². The highest BCUT2D eigenvalue weighted by molar-refractivity contribution is 7.20. The zero-order valence-corrected chi connectivity index (χ0v) is 16.4. The van der Waals surface area contributed by atoms with Crippen molar-refractivity contribution in [3.63, 3.8) is 0 Å². The molecule has 7 nitrogen and oxygen atoms in total. The molecule has 1 N–H and O–H groups in total. The van der Waals surface area contributed by atoms with Crippen LogP contribution in [-0.2, 0) is 14.3 Å². The van der Waals surface area contributed by atoms with Crippen LogP contribution in [0.1, 0.15) is 60.3 Å². The van der Waals surface area contributed by atoms with Crippen molar-refractivity contribution in [2.75, 3.05) is 6.61 Å². The molecule has 3 rings (SSSR count). The molecule has 1 aliphatic carbocycles. The predicted molar refractivity (Wildman–Crippen MR) is 102 cm³/mol. The maximum absolute atomic E-state index is 12.5. The van der Waals surface area contributed by atoms with E-state index in [-0.39, 0.29) is 29.9 Å². The maximum atomic E-state index is 12.5. The number of nitrogens with one attached hydrogen (secondary N) is 1. The van der Waals surface area contributed by atoms with Crippen LogP contribution in [0, 0.1) is 12.8 Å². The largest absolute Gasteiger partial charge is 0.462 e. The number of allylic oxidation sites excluding steroid dienone is 2. The highest BCUT2D eigenvalue weighted by atomic mass is 32.1. The van der Waals surface area contributed by atoms with E-state index < -0.39 is 12.1 Å². The molecule has 0 aliphatic heterocycles. The summed E-state index contributed by atoms with van der Waals surface area (Å²) >= 11 is 1.11. The lowest BCUT2D eigenvalue weighted by Gasteiger charge is -2.19. The van der Waals surface area contributed by atoms with E-state index in [0.717, 1.165) is 24.2 Å². The van der Waals surface area contributed by atoms with Crippen molar-refractivity contribution in [2.45, 2.75) is 46.1 Å². The summed E-state index contributed by atoms with van der Waals surface area (Å²) in [6.07, 6.45) is 5.65. The summed E-state index contributed by atoms with van der Waals surface area (Å²) in [5.41, 5.74) is 0.190. The Bertz CT molecular complexity index is 959. The van der Waals surface area contributed by atoms with Crippen molar-refractivity contribution in [2.24, 2.45) is 5.92 Å². The number of carbonyl (C=O) groups is 2. The van der Waals surface area contributed by atoms with Gasteiger partial charge in [-0.15, -0.1) is 11.3 Å². The Morgan fingerprint density at radius 1 is 1.41 bits per heavy atom. The van der Waals surface area contributed by atoms with Gasteiger partial charge in [0.25, 0.3) is 5.56 Å². The number of thiophene rings is 1. The van der Waals surface area contributed by atoms with Gasteiger partial charge >= 0.3 is 11.9 Å². The Morgan fingerprint density at radius 2 is 2.19 bits per heavy atom. The molecule has 0 radical (unpaired) electrons. The van der Waals surface area contributed by atoms with Crippen LogP contribution in [0.25, 0.3) is 10.2 Å². The number of aromatic nitrogens is 2. The average molecular weight is 390 g/mol. The number of aryl methyl sites for hydroxylation is 1. The standard InChI is InChI=1S/C19H22N2O5S/c1-4-25-19(24)14-10(2)13-16(22)20-15(21-17(13)27-14)11(3)26-18(23)12-8-6-5-7-9-12/h5-6,11-12H,4,7-9H2,1-3H3,(H,20,21,22)/t11-,12+/m1/s1. The number of hydrogen-bond acceptors (Lipinski definition) is 7. The molecule has 0 bridgehead atoms. The van der Waals surface area contributed by atoms with Crippen LogP contribution in [0.2, 0.25) is 0 Å². The van der Waals surface area contributed by atoms with Gasteiger partial charge in [0.05, 0.1) is 17.9 Å². The highest BCUT2D eigenvalue weighted by Gasteiger charge is 2.25. The summed E-state index contributed by atoms with van der Waals surface area (Å²) in [5, 5.41) is 0.364. The Kier molecular flexibility index (Phi) is 5.74. The molecule has 0 fully saturated rings. The van der Waals surface area contributed by atoms with Crippen molar-refractivity contribution in [1.82, 2.24) is 9.97 Å². The molecule has 1 aliphatic rings. The van der Waals surface area contributed by atoms with Gasteiger partial charge in [-0.25, -0.2) is 9.78 Å². The first-order valence-electron chi connectivity index (χ1n) is 8.98. The van der Waals surface area contributed by atoms with Crippen molar-refractivity contribution in [3.8, 4) is 0 Å². The smallest absolute Gasteiger partial charge is 0.348 e. The topological polar surface area (TPSA) is 98.3 Å². The van der Waals surface area contributed by atoms with Crippen molar-refractivity contribution in [3.05, 3.63) is 38.8 Å². The second-order valence-electron chi connectivity index (χ2n) is 6.47. The molecule has 2 atom stereocenters. The van der Waals surface area contributed by atoms with Crippen LogP contribution in [0.3, 0.4) is 0 Å². The fourth-order valence-electron chi connectivity index (χ4n) is 3.08. The molecular weight excluding hydrogens is 368 g/mol. The number of hydrogen-bond donors (Lipinski definition) is 1. The molecule has 144 valence electrons. The van der Waals surface area contributed by atoms with Crippen molar-refractivity contribution in [1.29, 1.82) is 0 Å². The molecule has 2 aromatic rings. The predicted octanol–water partition coefficient (Wildman–Crippen LogP) is 3.43. The zero-order chi connectivity index (χ0) is 19.6. The lowest BCUT2D eigenvalue weighted by Crippen LogP contribution is -2.22. The van der Waals surface area contributed by atoms with E-state index in [9.17, 15) is 14.4 Å². The van der Waals surface area contributed by atoms with E-state index in [1.807, 2.05) is 6.08 Å². The Labute approximate surface area is 160 Å². The van der Waals surface area contributed by atoms with Gasteiger partial charge < -0.3 is 14.5 Å². The number of carbonyl (C=O) groups excluding carboxylic acids is 2. The van der Waals surface area contributed by atoms with E-state index in [4.69, 9.17) is 9.47 Å². The average Bonchev–Trinajstić information content (AvgIpc) is 2.99. The third-order valence-corrected chi connectivity index (χ3v) is 5.73. The molecule has 27 heavy (non-hydrogen) atoms. The molecule has 0 unspecified atom stereocenters. The van der Waals surface area contributed by atoms with Crippen LogP contribution in [0.4, 0.5) is 0 Å². The maximum Gasteiger partial charge on any atom is 0.348 e. The van der Waals surface area contributed by atoms with Gasteiger partial charge in [-0.2, -0.15) is 0 Å². The minimum absolute atomic E-state index is 0.160. The second-order valence-corrected chi connectivity index (χ2v) is 7.47. The Balaban J connectivity index is 1.86. The molecule has 0 spiro atoms. The minimum atomic E-state index is -0.686. The number of esters is 2. The minimum Gasteiger partial charge on any atom is -0.462 e. The van der Waals surface area contributed by atoms with E-state index >= 15 is 0 Å². The first-order chi connectivity index (χ1) is 12.9. The zero-order valence-electron chi connectivity index (χ0n) is 15.5. The van der Waals surface area contributed by atoms with Gasteiger partial charge in [-0.1, -0.05) is 12.2 Å². The lowest BCUT2D eigenvalue weighted by molar-refractivity contribution is -0.154. The van der Waals surface area contributed by atoms with Crippen LogP contribution in [-0.4, -0.2) is 28.5 Å². The number of H-pyrrole nitrogens is 1. The van der Waals surface area contributed by atoms with Crippen LogP contribution >= 0.6 is 11.3 Å². The summed E-state index contributed by atoms with van der Waals surface area (Å²) in [6, 6.07) is 0. The fraction of sp³-hybridized carbons (Fsp3) is 0.474. The van der Waals surface area contributed by atoms with Crippen LogP contribution < -0.4 is 5.56 Å². The Morgan fingerprint density at radius 3 is 2.85 bits per heavy atom. The first-order valence-corrected chi connectivity index (χ1v) is 9.80.